The van der Waals surface area contributed by atoms with E-state index in [2.05, 4.69) is 53.2 Å². The number of ketones is 8. The van der Waals surface area contributed by atoms with E-state index < -0.39 is 11.7 Å². The molecule has 5 amide bonds. The number of unbranched alkanes of at least 4 members (excludes halogenated alkanes) is 16. The fraction of sp³-hybridized carbons (Fsp3) is 0.806. The maximum Gasteiger partial charge on any atom is 0.287 e. The molecule has 0 aliphatic rings. The molecule has 0 aromatic carbocycles. The van der Waals surface area contributed by atoms with Gasteiger partial charge in [-0.2, -0.15) is 0 Å². The Morgan fingerprint density at radius 2 is 0.489 bits per heavy atom. The topological polar surface area (TPSA) is 342 Å². The van der Waals surface area contributed by atoms with Crippen LogP contribution in [0.5, 0.6) is 0 Å². The molecule has 0 fully saturated rings. The molecular weight excluding hydrogens is 1150 g/mol. The van der Waals surface area contributed by atoms with Crippen molar-refractivity contribution >= 4 is 75.8 Å². The molecule has 10 N–H and O–H groups in total. The van der Waals surface area contributed by atoms with E-state index >= 15 is 0 Å². The molecular formula is C67H128N10O13. The van der Waals surface area contributed by atoms with Gasteiger partial charge in [0, 0.05) is 84.1 Å². The highest BCUT2D eigenvalue weighted by Crippen LogP contribution is 2.05. The van der Waals surface area contributed by atoms with Crippen molar-refractivity contribution in [3.63, 3.8) is 0 Å². The van der Waals surface area contributed by atoms with Crippen LogP contribution in [0.1, 0.15) is 253 Å². The Balaban J connectivity index is -0.000000335. The summed E-state index contributed by atoms with van der Waals surface area (Å²) in [6.07, 6.45) is 26.7. The first-order chi connectivity index (χ1) is 43.0. The number of nitrogens with one attached hydrogen (secondary N) is 10. The maximum atomic E-state index is 11.4. The minimum atomic E-state index is -0.563. The molecule has 0 radical (unpaired) electrons. The third-order valence-corrected chi connectivity index (χ3v) is 13.3. The van der Waals surface area contributed by atoms with Crippen molar-refractivity contribution in [1.29, 1.82) is 0 Å². The molecule has 0 aliphatic carbocycles. The second-order valence-corrected chi connectivity index (χ2v) is 22.8. The summed E-state index contributed by atoms with van der Waals surface area (Å²) in [6, 6.07) is 0. The van der Waals surface area contributed by atoms with Crippen LogP contribution in [0.2, 0.25) is 0 Å². The Morgan fingerprint density at radius 1 is 0.211 bits per heavy atom. The molecule has 0 aliphatic heterocycles. The molecule has 0 heterocycles. The van der Waals surface area contributed by atoms with Gasteiger partial charge in [-0.1, -0.05) is 64.2 Å². The number of amides is 5. The van der Waals surface area contributed by atoms with Gasteiger partial charge in [0.15, 0.2) is 0 Å². The molecule has 23 nitrogen and oxygen atoms in total. The zero-order valence-corrected chi connectivity index (χ0v) is 57.9. The largest absolute Gasteiger partial charge is 0.356 e. The van der Waals surface area contributed by atoms with Crippen LogP contribution in [0.3, 0.4) is 0 Å². The van der Waals surface area contributed by atoms with Gasteiger partial charge >= 0.3 is 0 Å². The monoisotopic (exact) mass is 1280 g/mol. The van der Waals surface area contributed by atoms with Gasteiger partial charge in [-0.05, 0) is 186 Å². The summed E-state index contributed by atoms with van der Waals surface area (Å²) >= 11 is 0. The smallest absolute Gasteiger partial charge is 0.287 e. The van der Waals surface area contributed by atoms with E-state index in [0.29, 0.717) is 51.7 Å². The standard InChI is InChI=1S/C14H26N2O3.C14H28N2O2.2C13H24N2O3.C13H26N2O2/c1-12(17)11-13(18)7-8-14(19)16-10-6-4-3-5-9-15-2;1-13(17)9-5-6-10-14(18)16-12-8-4-3-7-11-15-2;1-11(16)7-8-12(17)13(18)15-10-6-4-3-5-9-14-2;1-11(16)9-12(17)10-13(18)15-8-6-4-3-5-7-14-2;1-12(16)8-7-9-13(17)15-11-6-4-3-5-10-14-2/h15H,3-11H2,1-2H3,(H,16,19);15H,3-12H2,1-2H3,(H,16,18);2*14H,3-10H2,1-2H3,(H,15,18);14H,3-11H2,1-2H3,(H,15,17). The van der Waals surface area contributed by atoms with E-state index in [-0.39, 0.29) is 109 Å². The number of hydrogen-bond acceptors (Lipinski definition) is 18. The minimum Gasteiger partial charge on any atom is -0.356 e. The van der Waals surface area contributed by atoms with E-state index in [1.54, 1.807) is 13.8 Å². The molecule has 0 aromatic heterocycles. The average Bonchev–Trinajstić information content (AvgIpc) is 3.50. The van der Waals surface area contributed by atoms with Crippen LogP contribution >= 0.6 is 0 Å². The van der Waals surface area contributed by atoms with Crippen LogP contribution in [0, 0.1) is 0 Å². The number of hydrogen-bond donors (Lipinski definition) is 10. The molecule has 23 heteroatoms. The Morgan fingerprint density at radius 3 is 0.822 bits per heavy atom. The number of Topliss-reactive ketones (excluding diaryl/α,β-unsaturated/α-hetero) is 8. The van der Waals surface area contributed by atoms with Gasteiger partial charge in [-0.15, -0.1) is 0 Å². The first kappa shape index (κ1) is 93.2. The Kier molecular flexibility index (Phi) is 76.9. The van der Waals surface area contributed by atoms with Crippen molar-refractivity contribution in [2.24, 2.45) is 0 Å². The first-order valence-corrected chi connectivity index (χ1v) is 33.6. The third-order valence-electron chi connectivity index (χ3n) is 13.3. The van der Waals surface area contributed by atoms with Crippen molar-refractivity contribution < 1.29 is 62.3 Å². The lowest BCUT2D eigenvalue weighted by molar-refractivity contribution is -0.138. The molecule has 524 valence electrons. The van der Waals surface area contributed by atoms with Gasteiger partial charge in [0.25, 0.3) is 5.91 Å². The van der Waals surface area contributed by atoms with Gasteiger partial charge in [-0.3, -0.25) is 47.9 Å². The third kappa shape index (κ3) is 88.9. The van der Waals surface area contributed by atoms with Gasteiger partial charge in [0.05, 0.1) is 19.3 Å². The van der Waals surface area contributed by atoms with Crippen LogP contribution in [0.4, 0.5) is 0 Å². The van der Waals surface area contributed by atoms with E-state index in [4.69, 9.17) is 0 Å². The second kappa shape index (κ2) is 74.2. The fourth-order valence-corrected chi connectivity index (χ4v) is 8.14. The summed E-state index contributed by atoms with van der Waals surface area (Å²) in [5, 5.41) is 29.3. The predicted molar refractivity (Wildman–Crippen MR) is 360 cm³/mol. The maximum absolute atomic E-state index is 11.4. The molecule has 0 rings (SSSR count). The van der Waals surface area contributed by atoms with Gasteiger partial charge < -0.3 is 67.6 Å². The Bertz CT molecular complexity index is 1900. The quantitative estimate of drug-likeness (QED) is 0.0176. The molecule has 0 unspecified atom stereocenters. The lowest BCUT2D eigenvalue weighted by Gasteiger charge is -2.05. The van der Waals surface area contributed by atoms with Crippen LogP contribution < -0.4 is 53.2 Å². The SMILES string of the molecule is CNCCCCCCNC(=O)C(=O)CCC(C)=O.CNCCCCCCNC(=O)CC(=O)CC(C)=O.CNCCCCCCNC(=O)CCC(=O)CC(C)=O.CNCCCCCCNC(=O)CCCC(C)=O.CNCCCCCCNC(=O)CCCCC(C)=O. The lowest BCUT2D eigenvalue weighted by atomic mass is 10.1. The predicted octanol–water partition coefficient (Wildman–Crippen LogP) is 6.53. The number of carbonyl (C=O) groups excluding carboxylic acids is 13. The van der Waals surface area contributed by atoms with E-state index in [0.717, 1.165) is 155 Å². The summed E-state index contributed by atoms with van der Waals surface area (Å²) in [6.45, 7) is 15.8. The van der Waals surface area contributed by atoms with Gasteiger partial charge in [0.2, 0.25) is 29.4 Å². The van der Waals surface area contributed by atoms with Crippen LogP contribution in [-0.4, -0.2) is 176 Å². The average molecular weight is 1280 g/mol. The molecule has 0 atom stereocenters. The molecule has 0 saturated carbocycles. The van der Waals surface area contributed by atoms with Gasteiger partial charge in [-0.25, -0.2) is 0 Å². The number of carbonyl (C=O) groups is 13. The molecule has 0 bridgehead atoms. The molecule has 90 heavy (non-hydrogen) atoms. The van der Waals surface area contributed by atoms with Crippen LogP contribution in [0.15, 0.2) is 0 Å². The zero-order valence-electron chi connectivity index (χ0n) is 57.9. The van der Waals surface area contributed by atoms with Crippen molar-refractivity contribution in [2.45, 2.75) is 253 Å². The second-order valence-electron chi connectivity index (χ2n) is 22.8. The van der Waals surface area contributed by atoms with Crippen LogP contribution in [-0.2, 0) is 62.3 Å². The minimum absolute atomic E-state index is 0.0172. The number of rotatable bonds is 57. The van der Waals surface area contributed by atoms with Crippen molar-refractivity contribution in [2.75, 3.05) is 101 Å². The van der Waals surface area contributed by atoms with Crippen molar-refractivity contribution in [3.05, 3.63) is 0 Å². The Hall–Kier alpha value is -5.49. The van der Waals surface area contributed by atoms with Crippen LogP contribution in [0.25, 0.3) is 0 Å². The molecule has 0 saturated heterocycles. The zero-order chi connectivity index (χ0) is 68.7. The van der Waals surface area contributed by atoms with Crippen molar-refractivity contribution in [1.82, 2.24) is 53.2 Å². The van der Waals surface area contributed by atoms with Crippen molar-refractivity contribution in [3.8, 4) is 0 Å². The fourth-order valence-electron chi connectivity index (χ4n) is 8.14. The summed E-state index contributed by atoms with van der Waals surface area (Å²) in [5.41, 5.74) is 0. The van der Waals surface area contributed by atoms with E-state index in [1.165, 1.54) is 52.9 Å². The Labute approximate surface area is 542 Å². The highest BCUT2D eigenvalue weighted by molar-refractivity contribution is 6.36. The summed E-state index contributed by atoms with van der Waals surface area (Å²) < 4.78 is 0. The van der Waals surface area contributed by atoms with E-state index in [9.17, 15) is 62.3 Å². The first-order valence-electron chi connectivity index (χ1n) is 33.6. The summed E-state index contributed by atoms with van der Waals surface area (Å²) in [5.74, 6) is -1.78. The normalized spacial score (nSPS) is 10.2. The lowest BCUT2D eigenvalue weighted by Crippen LogP contribution is -2.31. The van der Waals surface area contributed by atoms with E-state index in [1.807, 2.05) is 35.2 Å². The molecule has 0 spiro atoms. The highest BCUT2D eigenvalue weighted by Gasteiger charge is 2.14. The molecule has 0 aromatic rings. The summed E-state index contributed by atoms with van der Waals surface area (Å²) in [4.78, 5) is 144. The summed E-state index contributed by atoms with van der Waals surface area (Å²) in [7, 11) is 9.71. The van der Waals surface area contributed by atoms with Gasteiger partial charge in [0.1, 0.15) is 40.5 Å². The highest BCUT2D eigenvalue weighted by atomic mass is 16.2.